The van der Waals surface area contributed by atoms with Gasteiger partial charge in [0.25, 0.3) is 0 Å². The molecule has 0 fully saturated rings. The Balaban J connectivity index is 2.19. The molecule has 0 aliphatic heterocycles. The maximum atomic E-state index is 4.09. The molecular weight excluding hydrogens is 304 g/mol. The number of H-pyrrole nitrogens is 1. The number of alkyl halides is 1. The average Bonchev–Trinajstić information content (AvgIpc) is 3.01. The zero-order valence-corrected chi connectivity index (χ0v) is 11.6. The smallest absolute Gasteiger partial charge is 0.177 e. The van der Waals surface area contributed by atoms with E-state index < -0.39 is 0 Å². The van der Waals surface area contributed by atoms with Crippen molar-refractivity contribution < 1.29 is 0 Å². The molecule has 3 rings (SSSR count). The first-order valence-corrected chi connectivity index (χ1v) is 6.99. The molecule has 0 spiro atoms. The summed E-state index contributed by atoms with van der Waals surface area (Å²) in [5, 5.41) is 15.1. The van der Waals surface area contributed by atoms with Crippen LogP contribution in [0.25, 0.3) is 22.5 Å². The third-order valence-electron chi connectivity index (χ3n) is 2.91. The summed E-state index contributed by atoms with van der Waals surface area (Å²) >= 11 is 3.47. The zero-order chi connectivity index (χ0) is 13.1. The van der Waals surface area contributed by atoms with Gasteiger partial charge in [-0.2, -0.15) is 5.21 Å². The number of benzene rings is 2. The molecule has 0 bridgehead atoms. The van der Waals surface area contributed by atoms with E-state index in [1.165, 1.54) is 5.56 Å². The quantitative estimate of drug-likeness (QED) is 0.753. The number of halogens is 1. The molecule has 0 amide bonds. The standard InChI is InChI=1S/C14H11BrN4/c15-9-10-6-7-12(11-4-2-1-3-5-11)13(8-10)14-16-18-19-17-14/h1-8H,9H2,(H,16,17,18,19). The van der Waals surface area contributed by atoms with Gasteiger partial charge in [0.15, 0.2) is 0 Å². The van der Waals surface area contributed by atoms with E-state index in [0.717, 1.165) is 22.0 Å². The van der Waals surface area contributed by atoms with Crippen molar-refractivity contribution in [1.82, 2.24) is 20.6 Å². The predicted molar refractivity (Wildman–Crippen MR) is 77.7 cm³/mol. The number of nitrogens with zero attached hydrogens (tertiary/aromatic N) is 3. The van der Waals surface area contributed by atoms with Crippen molar-refractivity contribution in [2.75, 3.05) is 0 Å². The first kappa shape index (κ1) is 12.0. The Kier molecular flexibility index (Phi) is 3.37. The molecule has 0 atom stereocenters. The van der Waals surface area contributed by atoms with Crippen molar-refractivity contribution >= 4 is 15.9 Å². The molecule has 0 unspecified atom stereocenters. The van der Waals surface area contributed by atoms with E-state index in [-0.39, 0.29) is 0 Å². The van der Waals surface area contributed by atoms with Crippen LogP contribution in [0.3, 0.4) is 0 Å². The first-order valence-electron chi connectivity index (χ1n) is 5.86. The number of hydrogen-bond donors (Lipinski definition) is 1. The van der Waals surface area contributed by atoms with Gasteiger partial charge in [-0.3, -0.25) is 0 Å². The molecule has 0 saturated carbocycles. The molecule has 5 heteroatoms. The van der Waals surface area contributed by atoms with Crippen LogP contribution >= 0.6 is 15.9 Å². The number of tetrazole rings is 1. The summed E-state index contributed by atoms with van der Waals surface area (Å²) in [6.07, 6.45) is 0. The van der Waals surface area contributed by atoms with E-state index in [9.17, 15) is 0 Å². The number of aromatic nitrogens is 4. The van der Waals surface area contributed by atoms with E-state index >= 15 is 0 Å². The Morgan fingerprint density at radius 3 is 2.53 bits per heavy atom. The molecule has 2 aromatic carbocycles. The van der Waals surface area contributed by atoms with Crippen LogP contribution in [0, 0.1) is 0 Å². The number of aromatic amines is 1. The molecule has 4 nitrogen and oxygen atoms in total. The number of hydrogen-bond acceptors (Lipinski definition) is 3. The molecule has 1 N–H and O–H groups in total. The second-order valence-corrected chi connectivity index (χ2v) is 4.68. The van der Waals surface area contributed by atoms with Gasteiger partial charge in [-0.1, -0.05) is 58.4 Å². The lowest BCUT2D eigenvalue weighted by Gasteiger charge is -2.08. The van der Waals surface area contributed by atoms with Gasteiger partial charge >= 0.3 is 0 Å². The SMILES string of the molecule is BrCc1ccc(-c2ccccc2)c(-c2nn[nH]n2)c1. The lowest BCUT2D eigenvalue weighted by molar-refractivity contribution is 0.881. The average molecular weight is 315 g/mol. The van der Waals surface area contributed by atoms with Gasteiger partial charge in [-0.25, -0.2) is 0 Å². The van der Waals surface area contributed by atoms with Crippen molar-refractivity contribution in [3.8, 4) is 22.5 Å². The Labute approximate surface area is 119 Å². The van der Waals surface area contributed by atoms with Gasteiger partial charge in [0.1, 0.15) is 0 Å². The van der Waals surface area contributed by atoms with Gasteiger partial charge in [0.2, 0.25) is 5.82 Å². The first-order chi connectivity index (χ1) is 9.38. The minimum Gasteiger partial charge on any atom is -0.177 e. The molecule has 1 heterocycles. The monoisotopic (exact) mass is 314 g/mol. The Morgan fingerprint density at radius 2 is 1.84 bits per heavy atom. The molecule has 19 heavy (non-hydrogen) atoms. The molecule has 0 aliphatic carbocycles. The van der Waals surface area contributed by atoms with E-state index in [1.807, 2.05) is 18.2 Å². The van der Waals surface area contributed by atoms with Crippen LogP contribution < -0.4 is 0 Å². The summed E-state index contributed by atoms with van der Waals surface area (Å²) in [4.78, 5) is 0. The van der Waals surface area contributed by atoms with Gasteiger partial charge < -0.3 is 0 Å². The van der Waals surface area contributed by atoms with E-state index in [2.05, 4.69) is 66.9 Å². The minimum absolute atomic E-state index is 0.613. The summed E-state index contributed by atoms with van der Waals surface area (Å²) in [5.74, 6) is 0.613. The van der Waals surface area contributed by atoms with Crippen LogP contribution in [0.4, 0.5) is 0 Å². The largest absolute Gasteiger partial charge is 0.205 e. The van der Waals surface area contributed by atoms with Crippen LogP contribution in [-0.4, -0.2) is 20.6 Å². The molecule has 0 radical (unpaired) electrons. The molecule has 94 valence electrons. The topological polar surface area (TPSA) is 54.5 Å². The summed E-state index contributed by atoms with van der Waals surface area (Å²) in [6, 6.07) is 16.5. The Hall–Kier alpha value is -2.01. The van der Waals surface area contributed by atoms with Gasteiger partial charge in [0, 0.05) is 10.9 Å². The van der Waals surface area contributed by atoms with Gasteiger partial charge in [0.05, 0.1) is 0 Å². The van der Waals surface area contributed by atoms with Crippen LogP contribution in [0.1, 0.15) is 5.56 Å². The van der Waals surface area contributed by atoms with Gasteiger partial charge in [-0.05, 0) is 28.0 Å². The van der Waals surface area contributed by atoms with Gasteiger partial charge in [-0.15, -0.1) is 10.2 Å². The van der Waals surface area contributed by atoms with Crippen LogP contribution in [0.15, 0.2) is 48.5 Å². The highest BCUT2D eigenvalue weighted by atomic mass is 79.9. The summed E-state index contributed by atoms with van der Waals surface area (Å²) in [7, 11) is 0. The van der Waals surface area contributed by atoms with Crippen molar-refractivity contribution in [2.45, 2.75) is 5.33 Å². The van der Waals surface area contributed by atoms with Crippen molar-refractivity contribution in [3.63, 3.8) is 0 Å². The lowest BCUT2D eigenvalue weighted by Crippen LogP contribution is -1.90. The Bertz CT molecular complexity index is 665. The maximum Gasteiger partial charge on any atom is 0.205 e. The molecule has 0 aliphatic rings. The second kappa shape index (κ2) is 5.32. The van der Waals surface area contributed by atoms with Crippen LogP contribution in [0.2, 0.25) is 0 Å². The predicted octanol–water partition coefficient (Wildman–Crippen LogP) is 3.43. The fraction of sp³-hybridized carbons (Fsp3) is 0.0714. The fourth-order valence-corrected chi connectivity index (χ4v) is 2.35. The highest BCUT2D eigenvalue weighted by Crippen LogP contribution is 2.31. The third-order valence-corrected chi connectivity index (χ3v) is 3.56. The summed E-state index contributed by atoms with van der Waals surface area (Å²) < 4.78 is 0. The van der Waals surface area contributed by atoms with Crippen molar-refractivity contribution in [1.29, 1.82) is 0 Å². The normalized spacial score (nSPS) is 10.6. The zero-order valence-electron chi connectivity index (χ0n) is 10.0. The number of rotatable bonds is 3. The molecule has 3 aromatic rings. The molecule has 0 saturated heterocycles. The highest BCUT2D eigenvalue weighted by molar-refractivity contribution is 9.08. The maximum absolute atomic E-state index is 4.09. The van der Waals surface area contributed by atoms with Crippen LogP contribution in [-0.2, 0) is 5.33 Å². The minimum atomic E-state index is 0.613. The second-order valence-electron chi connectivity index (χ2n) is 4.12. The number of nitrogens with one attached hydrogen (secondary N) is 1. The van der Waals surface area contributed by atoms with Crippen molar-refractivity contribution in [2.24, 2.45) is 0 Å². The molecular formula is C14H11BrN4. The van der Waals surface area contributed by atoms with E-state index in [1.54, 1.807) is 0 Å². The third kappa shape index (κ3) is 2.42. The summed E-state index contributed by atoms with van der Waals surface area (Å²) in [6.45, 7) is 0. The van der Waals surface area contributed by atoms with Crippen LogP contribution in [0.5, 0.6) is 0 Å². The van der Waals surface area contributed by atoms with E-state index in [0.29, 0.717) is 5.82 Å². The Morgan fingerprint density at radius 1 is 1.00 bits per heavy atom. The summed E-state index contributed by atoms with van der Waals surface area (Å²) in [5.41, 5.74) is 4.41. The van der Waals surface area contributed by atoms with E-state index in [4.69, 9.17) is 0 Å². The fourth-order valence-electron chi connectivity index (χ4n) is 2.00. The lowest BCUT2D eigenvalue weighted by atomic mass is 9.97. The van der Waals surface area contributed by atoms with Crippen molar-refractivity contribution in [3.05, 3.63) is 54.1 Å². The molecule has 1 aromatic heterocycles. The highest BCUT2D eigenvalue weighted by Gasteiger charge is 2.11.